The molecule has 0 amide bonds. The standard InChI is InChI=1S/C65H45NO/c1-65(2)59-38-45(43-16-6-3-7-17-43)27-31-52(59)53-32-29-47(39-60(53)65)57(36-42-26-35-63-58(37-42)56-34-28-46(41-64(56)67-63)44-18-8-4-9-19-44)48-30-33-55-51-23-13-12-22-50(51)54-24-14-15-25-61(54)66(62(55)40-48)49-20-10-5-11-21-49/h3-41H,1-2H3/b57-36-. The number of nitrogens with zero attached hydrogens (tertiary/aromatic N) is 1. The summed E-state index contributed by atoms with van der Waals surface area (Å²) in [6.07, 6.45) is 2.38. The monoisotopic (exact) mass is 855 g/mol. The molecule has 1 aliphatic carbocycles. The molecule has 0 atom stereocenters. The number of benzene rings is 10. The first-order valence-corrected chi connectivity index (χ1v) is 23.2. The van der Waals surface area contributed by atoms with Crippen LogP contribution in [0.25, 0.3) is 89.2 Å². The molecule has 0 saturated carbocycles. The van der Waals surface area contributed by atoms with Crippen molar-refractivity contribution in [1.29, 1.82) is 0 Å². The maximum Gasteiger partial charge on any atom is 0.136 e. The van der Waals surface area contributed by atoms with Gasteiger partial charge in [-0.1, -0.05) is 184 Å². The van der Waals surface area contributed by atoms with E-state index in [1.807, 2.05) is 0 Å². The predicted octanol–water partition coefficient (Wildman–Crippen LogP) is 17.9. The Kier molecular flexibility index (Phi) is 8.91. The van der Waals surface area contributed by atoms with Gasteiger partial charge in [-0.25, -0.2) is 0 Å². The van der Waals surface area contributed by atoms with E-state index in [9.17, 15) is 0 Å². The lowest BCUT2D eigenvalue weighted by Gasteiger charge is -2.28. The summed E-state index contributed by atoms with van der Waals surface area (Å²) in [6, 6.07) is 84.2. The second kappa shape index (κ2) is 15.3. The van der Waals surface area contributed by atoms with Gasteiger partial charge in [0.05, 0.1) is 11.4 Å². The third-order valence-electron chi connectivity index (χ3n) is 14.2. The fraction of sp³-hybridized carbons (Fsp3) is 0.0462. The van der Waals surface area contributed by atoms with Gasteiger partial charge in [0.15, 0.2) is 0 Å². The van der Waals surface area contributed by atoms with E-state index in [1.165, 1.54) is 66.8 Å². The molecule has 1 aromatic heterocycles. The van der Waals surface area contributed by atoms with Crippen LogP contribution < -0.4 is 4.90 Å². The quantitative estimate of drug-likeness (QED) is 0.155. The number of hydrogen-bond acceptors (Lipinski definition) is 2. The lowest BCUT2D eigenvalue weighted by molar-refractivity contribution is 0.660. The Labute approximate surface area is 391 Å². The number of para-hydroxylation sites is 2. The number of anilines is 3. The van der Waals surface area contributed by atoms with Gasteiger partial charge in [0.25, 0.3) is 0 Å². The largest absolute Gasteiger partial charge is 0.456 e. The van der Waals surface area contributed by atoms with E-state index >= 15 is 0 Å². The smallest absolute Gasteiger partial charge is 0.136 e. The summed E-state index contributed by atoms with van der Waals surface area (Å²) < 4.78 is 6.54. The molecule has 1 aliphatic heterocycles. The van der Waals surface area contributed by atoms with Crippen molar-refractivity contribution >= 4 is 50.6 Å². The Balaban J connectivity index is 1.01. The first-order chi connectivity index (χ1) is 33.0. The molecule has 10 aromatic carbocycles. The molecule has 0 radical (unpaired) electrons. The third-order valence-corrected chi connectivity index (χ3v) is 14.2. The van der Waals surface area contributed by atoms with Crippen molar-refractivity contribution in [1.82, 2.24) is 0 Å². The topological polar surface area (TPSA) is 16.4 Å². The van der Waals surface area contributed by atoms with Crippen LogP contribution in [0, 0.1) is 0 Å². The normalized spacial score (nSPS) is 13.4. The van der Waals surface area contributed by atoms with E-state index in [0.29, 0.717) is 0 Å². The molecule has 11 aromatic rings. The fourth-order valence-electron chi connectivity index (χ4n) is 10.9. The highest BCUT2D eigenvalue weighted by atomic mass is 16.3. The molecule has 0 saturated heterocycles. The molecule has 2 heterocycles. The van der Waals surface area contributed by atoms with Gasteiger partial charge in [-0.2, -0.15) is 0 Å². The highest BCUT2D eigenvalue weighted by Crippen LogP contribution is 2.53. The van der Waals surface area contributed by atoms with Gasteiger partial charge in [0.1, 0.15) is 11.2 Å². The van der Waals surface area contributed by atoms with Gasteiger partial charge in [0, 0.05) is 33.0 Å². The summed E-state index contributed by atoms with van der Waals surface area (Å²) in [5, 5.41) is 2.21. The Hall–Kier alpha value is -8.46. The van der Waals surface area contributed by atoms with Crippen LogP contribution in [0.1, 0.15) is 41.7 Å². The lowest BCUT2D eigenvalue weighted by Crippen LogP contribution is -2.15. The summed E-state index contributed by atoms with van der Waals surface area (Å²) in [6.45, 7) is 4.77. The van der Waals surface area contributed by atoms with Gasteiger partial charge < -0.3 is 9.32 Å². The molecule has 67 heavy (non-hydrogen) atoms. The number of rotatable bonds is 6. The second-order valence-electron chi connectivity index (χ2n) is 18.5. The van der Waals surface area contributed by atoms with E-state index in [1.54, 1.807) is 0 Å². The lowest BCUT2D eigenvalue weighted by atomic mass is 9.80. The predicted molar refractivity (Wildman–Crippen MR) is 281 cm³/mol. The van der Waals surface area contributed by atoms with Crippen LogP contribution in [0.4, 0.5) is 17.1 Å². The van der Waals surface area contributed by atoms with Crippen LogP contribution in [0.5, 0.6) is 0 Å². The van der Waals surface area contributed by atoms with Crippen molar-refractivity contribution in [3.8, 4) is 55.6 Å². The van der Waals surface area contributed by atoms with Crippen molar-refractivity contribution in [2.45, 2.75) is 19.3 Å². The zero-order chi connectivity index (χ0) is 44.6. The van der Waals surface area contributed by atoms with Crippen LogP contribution in [0.3, 0.4) is 0 Å². The van der Waals surface area contributed by atoms with E-state index in [-0.39, 0.29) is 5.41 Å². The van der Waals surface area contributed by atoms with E-state index < -0.39 is 0 Å². The van der Waals surface area contributed by atoms with Crippen molar-refractivity contribution in [3.63, 3.8) is 0 Å². The fourth-order valence-corrected chi connectivity index (χ4v) is 10.9. The minimum atomic E-state index is -0.213. The highest BCUT2D eigenvalue weighted by molar-refractivity contribution is 6.08. The molecule has 2 nitrogen and oxygen atoms in total. The Morgan fingerprint density at radius 1 is 0.388 bits per heavy atom. The molecule has 2 heteroatoms. The number of furan rings is 1. The van der Waals surface area contributed by atoms with Crippen molar-refractivity contribution in [2.75, 3.05) is 4.90 Å². The first kappa shape index (κ1) is 39.0. The van der Waals surface area contributed by atoms with Crippen LogP contribution in [-0.2, 0) is 5.41 Å². The van der Waals surface area contributed by atoms with Crippen LogP contribution in [0.2, 0.25) is 0 Å². The van der Waals surface area contributed by atoms with E-state index in [2.05, 4.69) is 255 Å². The molecule has 0 fully saturated rings. The molecule has 0 spiro atoms. The van der Waals surface area contributed by atoms with Crippen molar-refractivity contribution < 1.29 is 4.42 Å². The summed E-state index contributed by atoms with van der Waals surface area (Å²) in [5.74, 6) is 0. The summed E-state index contributed by atoms with van der Waals surface area (Å²) in [7, 11) is 0. The summed E-state index contributed by atoms with van der Waals surface area (Å²) in [5.41, 5.74) is 24.5. The van der Waals surface area contributed by atoms with Crippen molar-refractivity contribution in [3.05, 3.63) is 258 Å². The number of hydrogen-bond donors (Lipinski definition) is 0. The van der Waals surface area contributed by atoms with Crippen molar-refractivity contribution in [2.24, 2.45) is 0 Å². The average Bonchev–Trinajstić information content (AvgIpc) is 3.82. The highest BCUT2D eigenvalue weighted by Gasteiger charge is 2.36. The van der Waals surface area contributed by atoms with Gasteiger partial charge in [-0.15, -0.1) is 0 Å². The number of fused-ring (bicyclic) bond motifs is 11. The molecular weight excluding hydrogens is 811 g/mol. The Morgan fingerprint density at radius 2 is 0.940 bits per heavy atom. The minimum Gasteiger partial charge on any atom is -0.456 e. The van der Waals surface area contributed by atoms with E-state index in [4.69, 9.17) is 4.42 Å². The molecule has 316 valence electrons. The maximum atomic E-state index is 6.54. The van der Waals surface area contributed by atoms with Crippen LogP contribution in [-0.4, -0.2) is 0 Å². The van der Waals surface area contributed by atoms with Crippen LogP contribution in [0.15, 0.2) is 235 Å². The SMILES string of the molecule is CC1(C)c2cc(/C(=C/c3ccc4oc5cc(-c6ccccc6)ccc5c4c3)c3ccc4c(c3)N(c3ccccc3)c3ccccc3-c3ccccc3-4)ccc2-c2ccc(-c3ccccc3)cc21. The third kappa shape index (κ3) is 6.40. The summed E-state index contributed by atoms with van der Waals surface area (Å²) in [4.78, 5) is 2.45. The maximum absolute atomic E-state index is 6.54. The average molecular weight is 856 g/mol. The molecule has 0 N–H and O–H groups in total. The molecule has 2 aliphatic rings. The zero-order valence-corrected chi connectivity index (χ0v) is 37.4. The van der Waals surface area contributed by atoms with Gasteiger partial charge in [-0.3, -0.25) is 0 Å². The van der Waals surface area contributed by atoms with Crippen LogP contribution >= 0.6 is 0 Å². The Bertz CT molecular complexity index is 3760. The van der Waals surface area contributed by atoms with Gasteiger partial charge in [0.2, 0.25) is 0 Å². The Morgan fingerprint density at radius 3 is 1.66 bits per heavy atom. The molecule has 0 bridgehead atoms. The first-order valence-electron chi connectivity index (χ1n) is 23.2. The van der Waals surface area contributed by atoms with Gasteiger partial charge in [-0.05, 0) is 145 Å². The molecule has 13 rings (SSSR count). The minimum absolute atomic E-state index is 0.213. The van der Waals surface area contributed by atoms with Gasteiger partial charge >= 0.3 is 0 Å². The summed E-state index contributed by atoms with van der Waals surface area (Å²) >= 11 is 0. The second-order valence-corrected chi connectivity index (χ2v) is 18.5. The van der Waals surface area contributed by atoms with E-state index in [0.717, 1.165) is 61.3 Å². The molecule has 0 unspecified atom stereocenters. The molecular formula is C65H45NO. The zero-order valence-electron chi connectivity index (χ0n) is 37.4.